The predicted octanol–water partition coefficient (Wildman–Crippen LogP) is 2.53. The summed E-state index contributed by atoms with van der Waals surface area (Å²) in [6.07, 6.45) is 3.53. The van der Waals surface area contributed by atoms with Gasteiger partial charge in [-0.15, -0.1) is 10.2 Å². The molecule has 0 N–H and O–H groups in total. The summed E-state index contributed by atoms with van der Waals surface area (Å²) in [4.78, 5) is 1.68. The molecule has 2 rings (SSSR count). The van der Waals surface area contributed by atoms with Crippen molar-refractivity contribution in [3.63, 3.8) is 0 Å². The minimum atomic E-state index is 0.706. The van der Waals surface area contributed by atoms with Crippen molar-refractivity contribution in [1.82, 2.24) is 20.2 Å². The van der Waals surface area contributed by atoms with Crippen LogP contribution in [0.1, 0.15) is 26.2 Å². The topological polar surface area (TPSA) is 43.6 Å². The summed E-state index contributed by atoms with van der Waals surface area (Å²) < 4.78 is 0. The Morgan fingerprint density at radius 3 is 2.69 bits per heavy atom. The Hall–Kier alpha value is -1.71. The number of hydrogen-bond donors (Lipinski definition) is 0. The summed E-state index contributed by atoms with van der Waals surface area (Å²) in [5.74, 6) is 0.706. The van der Waals surface area contributed by atoms with Gasteiger partial charge in [0, 0.05) is 5.56 Å². The van der Waals surface area contributed by atoms with E-state index in [1.165, 1.54) is 12.8 Å². The standard InChI is InChI=1S/C12H16N4/c1-2-3-7-10-16-14-12(13-15-16)11-8-5-4-6-9-11/h4-6,8-9H,2-3,7,10H2,1H3. The van der Waals surface area contributed by atoms with Gasteiger partial charge in [-0.1, -0.05) is 50.1 Å². The molecule has 0 unspecified atom stereocenters. The molecule has 4 heteroatoms. The molecule has 0 amide bonds. The molecule has 1 aromatic carbocycles. The molecule has 1 heterocycles. The van der Waals surface area contributed by atoms with Gasteiger partial charge in [0.25, 0.3) is 0 Å². The number of tetrazole rings is 1. The van der Waals surface area contributed by atoms with Crippen LogP contribution in [0, 0.1) is 0 Å². The van der Waals surface area contributed by atoms with Crippen LogP contribution in [0.3, 0.4) is 0 Å². The van der Waals surface area contributed by atoms with Gasteiger partial charge < -0.3 is 0 Å². The minimum absolute atomic E-state index is 0.706. The number of nitrogens with zero attached hydrogens (tertiary/aromatic N) is 4. The third kappa shape index (κ3) is 2.66. The van der Waals surface area contributed by atoms with E-state index >= 15 is 0 Å². The summed E-state index contributed by atoms with van der Waals surface area (Å²) in [6, 6.07) is 9.93. The van der Waals surface area contributed by atoms with Gasteiger partial charge in [-0.2, -0.15) is 4.80 Å². The van der Waals surface area contributed by atoms with E-state index in [-0.39, 0.29) is 0 Å². The average molecular weight is 216 g/mol. The molecule has 0 radical (unpaired) electrons. The number of hydrogen-bond acceptors (Lipinski definition) is 3. The molecule has 16 heavy (non-hydrogen) atoms. The fourth-order valence-electron chi connectivity index (χ4n) is 1.54. The largest absolute Gasteiger partial charge is 0.204 e. The highest BCUT2D eigenvalue weighted by atomic mass is 15.6. The van der Waals surface area contributed by atoms with E-state index in [1.807, 2.05) is 30.3 Å². The first-order valence-electron chi connectivity index (χ1n) is 5.73. The van der Waals surface area contributed by atoms with Crippen molar-refractivity contribution >= 4 is 0 Å². The highest BCUT2D eigenvalue weighted by Crippen LogP contribution is 2.11. The lowest BCUT2D eigenvalue weighted by atomic mass is 10.2. The molecule has 4 nitrogen and oxygen atoms in total. The molecule has 2 aromatic rings. The van der Waals surface area contributed by atoms with Crippen LogP contribution >= 0.6 is 0 Å². The highest BCUT2D eigenvalue weighted by Gasteiger charge is 2.04. The van der Waals surface area contributed by atoms with Gasteiger partial charge in [0.1, 0.15) is 0 Å². The van der Waals surface area contributed by atoms with E-state index < -0.39 is 0 Å². The van der Waals surface area contributed by atoms with Crippen molar-refractivity contribution < 1.29 is 0 Å². The summed E-state index contributed by atoms with van der Waals surface area (Å²) in [6.45, 7) is 3.04. The molecular weight excluding hydrogens is 200 g/mol. The molecule has 0 fully saturated rings. The average Bonchev–Trinajstić information content (AvgIpc) is 2.79. The molecule has 0 bridgehead atoms. The Morgan fingerprint density at radius 1 is 1.12 bits per heavy atom. The maximum Gasteiger partial charge on any atom is 0.204 e. The Kier molecular flexibility index (Phi) is 3.64. The lowest BCUT2D eigenvalue weighted by molar-refractivity contribution is 0.486. The van der Waals surface area contributed by atoms with E-state index in [0.717, 1.165) is 18.5 Å². The summed E-state index contributed by atoms with van der Waals surface area (Å²) >= 11 is 0. The summed E-state index contributed by atoms with van der Waals surface area (Å²) in [5.41, 5.74) is 1.02. The quantitative estimate of drug-likeness (QED) is 0.721. The Balaban J connectivity index is 2.02. The maximum atomic E-state index is 4.35. The van der Waals surface area contributed by atoms with Gasteiger partial charge >= 0.3 is 0 Å². The van der Waals surface area contributed by atoms with E-state index in [0.29, 0.717) is 5.82 Å². The van der Waals surface area contributed by atoms with Crippen molar-refractivity contribution in [2.75, 3.05) is 0 Å². The normalized spacial score (nSPS) is 10.6. The number of benzene rings is 1. The SMILES string of the molecule is CCCCCn1nnc(-c2ccccc2)n1. The molecule has 0 saturated heterocycles. The Bertz CT molecular complexity index is 422. The zero-order chi connectivity index (χ0) is 11.2. The van der Waals surface area contributed by atoms with E-state index in [1.54, 1.807) is 4.80 Å². The first-order chi connectivity index (χ1) is 7.90. The molecule has 0 aliphatic heterocycles. The van der Waals surface area contributed by atoms with Crippen LogP contribution in [-0.4, -0.2) is 20.2 Å². The molecule has 84 valence electrons. The van der Waals surface area contributed by atoms with Crippen molar-refractivity contribution in [3.05, 3.63) is 30.3 Å². The van der Waals surface area contributed by atoms with Crippen molar-refractivity contribution in [2.24, 2.45) is 0 Å². The Labute approximate surface area is 95.3 Å². The Morgan fingerprint density at radius 2 is 1.94 bits per heavy atom. The smallest absolute Gasteiger partial charge is 0.164 e. The summed E-state index contributed by atoms with van der Waals surface area (Å²) in [7, 11) is 0. The number of unbranched alkanes of at least 4 members (excludes halogenated alkanes) is 2. The lowest BCUT2D eigenvalue weighted by Gasteiger charge is -1.96. The number of rotatable bonds is 5. The van der Waals surface area contributed by atoms with Crippen LogP contribution in [0.25, 0.3) is 11.4 Å². The minimum Gasteiger partial charge on any atom is -0.164 e. The molecule has 0 spiro atoms. The maximum absolute atomic E-state index is 4.35. The van der Waals surface area contributed by atoms with E-state index in [2.05, 4.69) is 22.3 Å². The zero-order valence-corrected chi connectivity index (χ0v) is 9.50. The van der Waals surface area contributed by atoms with Gasteiger partial charge in [0.15, 0.2) is 0 Å². The molecular formula is C12H16N4. The van der Waals surface area contributed by atoms with Gasteiger partial charge in [0.2, 0.25) is 5.82 Å². The molecule has 0 aliphatic rings. The molecule has 0 saturated carbocycles. The first-order valence-corrected chi connectivity index (χ1v) is 5.73. The van der Waals surface area contributed by atoms with Crippen LogP contribution in [0.2, 0.25) is 0 Å². The van der Waals surface area contributed by atoms with Crippen molar-refractivity contribution in [2.45, 2.75) is 32.7 Å². The predicted molar refractivity (Wildman–Crippen MR) is 62.8 cm³/mol. The van der Waals surface area contributed by atoms with Gasteiger partial charge in [-0.25, -0.2) is 0 Å². The fourth-order valence-corrected chi connectivity index (χ4v) is 1.54. The van der Waals surface area contributed by atoms with Crippen LogP contribution < -0.4 is 0 Å². The van der Waals surface area contributed by atoms with Crippen LogP contribution in [0.15, 0.2) is 30.3 Å². The summed E-state index contributed by atoms with van der Waals surface area (Å²) in [5, 5.41) is 12.4. The molecule has 0 atom stereocenters. The van der Waals surface area contributed by atoms with Crippen molar-refractivity contribution in [3.8, 4) is 11.4 Å². The van der Waals surface area contributed by atoms with E-state index in [9.17, 15) is 0 Å². The monoisotopic (exact) mass is 216 g/mol. The van der Waals surface area contributed by atoms with Crippen LogP contribution in [0.5, 0.6) is 0 Å². The second kappa shape index (κ2) is 5.39. The van der Waals surface area contributed by atoms with Crippen LogP contribution in [0.4, 0.5) is 0 Å². The third-order valence-electron chi connectivity index (χ3n) is 2.45. The second-order valence-electron chi connectivity index (χ2n) is 3.78. The third-order valence-corrected chi connectivity index (χ3v) is 2.45. The lowest BCUT2D eigenvalue weighted by Crippen LogP contribution is -2.02. The van der Waals surface area contributed by atoms with Gasteiger partial charge in [-0.3, -0.25) is 0 Å². The van der Waals surface area contributed by atoms with Gasteiger partial charge in [-0.05, 0) is 11.6 Å². The fraction of sp³-hybridized carbons (Fsp3) is 0.417. The second-order valence-corrected chi connectivity index (χ2v) is 3.78. The first kappa shape index (κ1) is 10.8. The number of aromatic nitrogens is 4. The zero-order valence-electron chi connectivity index (χ0n) is 9.50. The highest BCUT2D eigenvalue weighted by molar-refractivity contribution is 5.52. The van der Waals surface area contributed by atoms with Gasteiger partial charge in [0.05, 0.1) is 6.54 Å². The van der Waals surface area contributed by atoms with Crippen molar-refractivity contribution in [1.29, 1.82) is 0 Å². The van der Waals surface area contributed by atoms with Crippen LogP contribution in [-0.2, 0) is 6.54 Å². The molecule has 1 aromatic heterocycles. The molecule has 0 aliphatic carbocycles. The number of aryl methyl sites for hydroxylation is 1. The van der Waals surface area contributed by atoms with E-state index in [4.69, 9.17) is 0 Å².